The molecule has 1 aliphatic heterocycles. The highest BCUT2D eigenvalue weighted by atomic mass is 32.1. The Morgan fingerprint density at radius 1 is 1.22 bits per heavy atom. The van der Waals surface area contributed by atoms with Crippen LogP contribution in [0.4, 0.5) is 5.13 Å². The summed E-state index contributed by atoms with van der Waals surface area (Å²) in [5.74, 6) is 1.28. The molecule has 0 radical (unpaired) electrons. The molecule has 1 fully saturated rings. The minimum absolute atomic E-state index is 0.136. The summed E-state index contributed by atoms with van der Waals surface area (Å²) >= 11 is 1.48. The zero-order chi connectivity index (χ0) is 19.1. The molecule has 146 valence electrons. The topological polar surface area (TPSA) is 54.5 Å². The summed E-state index contributed by atoms with van der Waals surface area (Å²) in [6.07, 6.45) is 4.89. The van der Waals surface area contributed by atoms with Crippen molar-refractivity contribution in [3.8, 4) is 5.75 Å². The maximum atomic E-state index is 12.4. The average Bonchev–Trinajstić information content (AvgIpc) is 3.09. The van der Waals surface area contributed by atoms with Crippen LogP contribution < -0.4 is 10.1 Å². The van der Waals surface area contributed by atoms with Crippen LogP contribution in [0.15, 0.2) is 29.6 Å². The first-order valence-corrected chi connectivity index (χ1v) is 10.7. The average molecular weight is 388 g/mol. The molecule has 27 heavy (non-hydrogen) atoms. The number of carbonyl (C=O) groups excluding carboxylic acids is 1. The Morgan fingerprint density at radius 2 is 1.96 bits per heavy atom. The molecule has 3 rings (SSSR count). The second kappa shape index (κ2) is 9.85. The van der Waals surface area contributed by atoms with E-state index in [4.69, 9.17) is 4.74 Å². The third kappa shape index (κ3) is 6.33. The number of aromatic nitrogens is 1. The molecular formula is C21H29N3O2S. The third-order valence-corrected chi connectivity index (χ3v) is 5.49. The molecule has 2 aromatic rings. The molecule has 1 amide bonds. The molecule has 1 aromatic carbocycles. The molecule has 0 aliphatic carbocycles. The van der Waals surface area contributed by atoms with Gasteiger partial charge in [0.1, 0.15) is 5.75 Å². The lowest BCUT2D eigenvalue weighted by Gasteiger charge is -2.25. The lowest BCUT2D eigenvalue weighted by Crippen LogP contribution is -2.29. The first-order valence-electron chi connectivity index (χ1n) is 9.81. The van der Waals surface area contributed by atoms with Gasteiger partial charge >= 0.3 is 0 Å². The Bertz CT molecular complexity index is 721. The van der Waals surface area contributed by atoms with E-state index in [0.717, 1.165) is 37.5 Å². The van der Waals surface area contributed by atoms with Gasteiger partial charge in [-0.15, -0.1) is 11.3 Å². The third-order valence-electron chi connectivity index (χ3n) is 4.69. The molecule has 1 saturated heterocycles. The highest BCUT2D eigenvalue weighted by Crippen LogP contribution is 2.20. The van der Waals surface area contributed by atoms with E-state index in [1.165, 1.54) is 30.6 Å². The number of nitrogens with zero attached hydrogens (tertiary/aromatic N) is 2. The summed E-state index contributed by atoms with van der Waals surface area (Å²) in [4.78, 5) is 19.4. The number of piperidine rings is 1. The summed E-state index contributed by atoms with van der Waals surface area (Å²) in [7, 11) is 0. The fourth-order valence-electron chi connectivity index (χ4n) is 3.07. The molecule has 5 nitrogen and oxygen atoms in total. The molecule has 0 unspecified atom stereocenters. The highest BCUT2D eigenvalue weighted by molar-refractivity contribution is 7.13. The number of likely N-dealkylation sites (tertiary alicyclic amines) is 1. The molecule has 1 aliphatic rings. The molecule has 6 heteroatoms. The van der Waals surface area contributed by atoms with E-state index in [1.54, 1.807) is 12.1 Å². The minimum Gasteiger partial charge on any atom is -0.494 e. The quantitative estimate of drug-likeness (QED) is 0.706. The number of amides is 1. The lowest BCUT2D eigenvalue weighted by atomic mass is 10.1. The first kappa shape index (κ1) is 19.8. The first-order chi connectivity index (χ1) is 13.1. The Hall–Kier alpha value is -1.92. The molecule has 0 saturated carbocycles. The van der Waals surface area contributed by atoms with E-state index < -0.39 is 0 Å². The van der Waals surface area contributed by atoms with Crippen molar-refractivity contribution in [1.29, 1.82) is 0 Å². The number of thiazole rings is 1. The van der Waals surface area contributed by atoms with Crippen molar-refractivity contribution in [2.75, 3.05) is 25.0 Å². The largest absolute Gasteiger partial charge is 0.494 e. The van der Waals surface area contributed by atoms with Gasteiger partial charge in [-0.1, -0.05) is 20.3 Å². The summed E-state index contributed by atoms with van der Waals surface area (Å²) in [6.45, 7) is 8.20. The maximum absolute atomic E-state index is 12.4. The van der Waals surface area contributed by atoms with Crippen molar-refractivity contribution in [2.45, 2.75) is 46.1 Å². The fraction of sp³-hybridized carbons (Fsp3) is 0.524. The van der Waals surface area contributed by atoms with Gasteiger partial charge in [-0.2, -0.15) is 0 Å². The van der Waals surface area contributed by atoms with Gasteiger partial charge in [0.2, 0.25) is 0 Å². The van der Waals surface area contributed by atoms with Crippen molar-refractivity contribution in [1.82, 2.24) is 9.88 Å². The van der Waals surface area contributed by atoms with Crippen LogP contribution in [0.25, 0.3) is 0 Å². The Balaban J connectivity index is 1.49. The van der Waals surface area contributed by atoms with Gasteiger partial charge < -0.3 is 4.74 Å². The van der Waals surface area contributed by atoms with Crippen LogP contribution in [0.1, 0.15) is 55.6 Å². The predicted molar refractivity (Wildman–Crippen MR) is 111 cm³/mol. The van der Waals surface area contributed by atoms with Gasteiger partial charge in [0.25, 0.3) is 5.91 Å². The monoisotopic (exact) mass is 387 g/mol. The normalized spacial score (nSPS) is 15.1. The molecule has 1 N–H and O–H groups in total. The minimum atomic E-state index is -0.136. The summed E-state index contributed by atoms with van der Waals surface area (Å²) in [5.41, 5.74) is 1.64. The Labute approximate surface area is 165 Å². The SMILES string of the molecule is CC(C)CCOc1ccc(C(=O)Nc2nc(CN3CCCCC3)cs2)cc1. The molecule has 1 aromatic heterocycles. The molecule has 0 atom stereocenters. The van der Waals surface area contributed by atoms with Crippen molar-refractivity contribution >= 4 is 22.4 Å². The van der Waals surface area contributed by atoms with Crippen molar-refractivity contribution in [3.05, 3.63) is 40.9 Å². The van der Waals surface area contributed by atoms with Gasteiger partial charge in [0.15, 0.2) is 5.13 Å². The highest BCUT2D eigenvalue weighted by Gasteiger charge is 2.14. The molecular weight excluding hydrogens is 358 g/mol. The van der Waals surface area contributed by atoms with E-state index in [1.807, 2.05) is 17.5 Å². The van der Waals surface area contributed by atoms with Gasteiger partial charge in [-0.3, -0.25) is 15.0 Å². The number of rotatable bonds is 8. The Kier molecular flexibility index (Phi) is 7.24. The number of hydrogen-bond donors (Lipinski definition) is 1. The van der Waals surface area contributed by atoms with Crippen molar-refractivity contribution in [3.63, 3.8) is 0 Å². The van der Waals surface area contributed by atoms with Crippen LogP contribution in [0, 0.1) is 5.92 Å². The summed E-state index contributed by atoms with van der Waals surface area (Å²) < 4.78 is 5.70. The maximum Gasteiger partial charge on any atom is 0.257 e. The van der Waals surface area contributed by atoms with Crippen LogP contribution >= 0.6 is 11.3 Å². The zero-order valence-corrected chi connectivity index (χ0v) is 17.1. The number of carbonyl (C=O) groups is 1. The van der Waals surface area contributed by atoms with Gasteiger partial charge in [0, 0.05) is 17.5 Å². The van der Waals surface area contributed by atoms with Gasteiger partial charge in [-0.25, -0.2) is 4.98 Å². The number of nitrogens with one attached hydrogen (secondary N) is 1. The van der Waals surface area contributed by atoms with E-state index >= 15 is 0 Å². The lowest BCUT2D eigenvalue weighted by molar-refractivity contribution is 0.102. The molecule has 0 bridgehead atoms. The van der Waals surface area contributed by atoms with Crippen LogP contribution in [-0.4, -0.2) is 35.5 Å². The van der Waals surface area contributed by atoms with Crippen molar-refractivity contribution < 1.29 is 9.53 Å². The summed E-state index contributed by atoms with van der Waals surface area (Å²) in [6, 6.07) is 7.28. The van der Waals surface area contributed by atoms with Gasteiger partial charge in [0.05, 0.1) is 12.3 Å². The Morgan fingerprint density at radius 3 is 2.67 bits per heavy atom. The number of benzene rings is 1. The smallest absolute Gasteiger partial charge is 0.257 e. The van der Waals surface area contributed by atoms with Crippen LogP contribution in [-0.2, 0) is 6.54 Å². The zero-order valence-electron chi connectivity index (χ0n) is 16.2. The standard InChI is InChI=1S/C21H29N3O2S/c1-16(2)10-13-26-19-8-6-17(7-9-19)20(25)23-21-22-18(15-27-21)14-24-11-4-3-5-12-24/h6-9,15-16H,3-5,10-14H2,1-2H3,(H,22,23,25). The predicted octanol–water partition coefficient (Wildman–Crippen LogP) is 4.81. The fourth-order valence-corrected chi connectivity index (χ4v) is 3.76. The van der Waals surface area contributed by atoms with E-state index in [0.29, 0.717) is 23.2 Å². The van der Waals surface area contributed by atoms with Crippen LogP contribution in [0.5, 0.6) is 5.75 Å². The molecule has 2 heterocycles. The van der Waals surface area contributed by atoms with E-state index in [9.17, 15) is 4.79 Å². The van der Waals surface area contributed by atoms with Gasteiger partial charge in [-0.05, 0) is 62.5 Å². The second-order valence-corrected chi connectivity index (χ2v) is 8.35. The molecule has 0 spiro atoms. The summed E-state index contributed by atoms with van der Waals surface area (Å²) in [5, 5.41) is 5.60. The second-order valence-electron chi connectivity index (χ2n) is 7.49. The van der Waals surface area contributed by atoms with E-state index in [-0.39, 0.29) is 5.91 Å². The number of anilines is 1. The van der Waals surface area contributed by atoms with Crippen LogP contribution in [0.3, 0.4) is 0 Å². The van der Waals surface area contributed by atoms with E-state index in [2.05, 4.69) is 29.0 Å². The number of ether oxygens (including phenoxy) is 1. The van der Waals surface area contributed by atoms with Crippen molar-refractivity contribution in [2.24, 2.45) is 5.92 Å². The number of hydrogen-bond acceptors (Lipinski definition) is 5. The van der Waals surface area contributed by atoms with Crippen LogP contribution in [0.2, 0.25) is 0 Å².